The average Bonchev–Trinajstić information content (AvgIpc) is 3.04. The van der Waals surface area contributed by atoms with Gasteiger partial charge in [0, 0.05) is 17.1 Å². The van der Waals surface area contributed by atoms with Crippen molar-refractivity contribution in [1.29, 1.82) is 0 Å². The van der Waals surface area contributed by atoms with E-state index in [-0.39, 0.29) is 24.4 Å². The van der Waals surface area contributed by atoms with Gasteiger partial charge in [0.1, 0.15) is 6.10 Å². The number of amides is 1. The zero-order valence-electron chi connectivity index (χ0n) is 12.1. The fourth-order valence-electron chi connectivity index (χ4n) is 2.44. The van der Waals surface area contributed by atoms with Crippen molar-refractivity contribution in [2.24, 2.45) is 0 Å². The largest absolute Gasteiger partial charge is 0.399 e. The Hall–Kier alpha value is -1.56. The molecule has 3 rings (SSSR count). The van der Waals surface area contributed by atoms with Gasteiger partial charge in [-0.2, -0.15) is 0 Å². The maximum Gasteiger partial charge on any atom is 0.227 e. The predicted molar refractivity (Wildman–Crippen MR) is 91.4 cm³/mol. The number of thiophene rings is 1. The molecule has 1 aliphatic rings. The van der Waals surface area contributed by atoms with Crippen molar-refractivity contribution in [1.82, 2.24) is 4.90 Å². The Balaban J connectivity index is 0.00000176. The second-order valence-corrected chi connectivity index (χ2v) is 6.11. The number of halogens is 1. The summed E-state index contributed by atoms with van der Waals surface area (Å²) < 4.78 is 5.77. The van der Waals surface area contributed by atoms with Crippen LogP contribution in [0.15, 0.2) is 41.8 Å². The highest BCUT2D eigenvalue weighted by Crippen LogP contribution is 2.26. The molecular formula is C16H19ClN2O2S. The van der Waals surface area contributed by atoms with Crippen LogP contribution in [0.2, 0.25) is 0 Å². The summed E-state index contributed by atoms with van der Waals surface area (Å²) in [7, 11) is 0. The van der Waals surface area contributed by atoms with Crippen LogP contribution in [-0.4, -0.2) is 30.5 Å². The third-order valence-electron chi connectivity index (χ3n) is 3.61. The number of morpholine rings is 1. The highest BCUT2D eigenvalue weighted by Gasteiger charge is 2.25. The Morgan fingerprint density at radius 1 is 1.32 bits per heavy atom. The molecule has 0 saturated carbocycles. The highest BCUT2D eigenvalue weighted by atomic mass is 35.5. The molecule has 0 spiro atoms. The summed E-state index contributed by atoms with van der Waals surface area (Å²) in [4.78, 5) is 15.5. The highest BCUT2D eigenvalue weighted by molar-refractivity contribution is 7.10. The number of hydrogen-bond acceptors (Lipinski definition) is 4. The van der Waals surface area contributed by atoms with Crippen molar-refractivity contribution < 1.29 is 9.53 Å². The van der Waals surface area contributed by atoms with Gasteiger partial charge in [-0.3, -0.25) is 4.79 Å². The van der Waals surface area contributed by atoms with Gasteiger partial charge in [-0.15, -0.1) is 23.7 Å². The van der Waals surface area contributed by atoms with Crippen LogP contribution in [0.5, 0.6) is 0 Å². The van der Waals surface area contributed by atoms with E-state index in [9.17, 15) is 4.79 Å². The summed E-state index contributed by atoms with van der Waals surface area (Å²) in [6.07, 6.45) is 0.423. The smallest absolute Gasteiger partial charge is 0.227 e. The third kappa shape index (κ3) is 4.00. The second-order valence-electron chi connectivity index (χ2n) is 5.13. The SMILES string of the molecule is Cl.Nc1ccc(CC(=O)N2CCOC(c3cccs3)C2)cc1. The van der Waals surface area contributed by atoms with Crippen LogP contribution < -0.4 is 5.73 Å². The van der Waals surface area contributed by atoms with Crippen molar-refractivity contribution in [3.63, 3.8) is 0 Å². The lowest BCUT2D eigenvalue weighted by Gasteiger charge is -2.32. The van der Waals surface area contributed by atoms with Gasteiger partial charge in [0.05, 0.1) is 19.6 Å². The monoisotopic (exact) mass is 338 g/mol. The second kappa shape index (κ2) is 7.63. The summed E-state index contributed by atoms with van der Waals surface area (Å²) in [5.74, 6) is 0.143. The molecule has 1 fully saturated rings. The first-order chi connectivity index (χ1) is 10.2. The summed E-state index contributed by atoms with van der Waals surface area (Å²) in [5.41, 5.74) is 7.37. The zero-order valence-corrected chi connectivity index (χ0v) is 13.7. The maximum absolute atomic E-state index is 12.4. The normalized spacial score (nSPS) is 17.8. The molecule has 1 aromatic carbocycles. The van der Waals surface area contributed by atoms with E-state index in [4.69, 9.17) is 10.5 Å². The topological polar surface area (TPSA) is 55.6 Å². The van der Waals surface area contributed by atoms with Gasteiger partial charge in [-0.1, -0.05) is 18.2 Å². The first-order valence-corrected chi connectivity index (χ1v) is 7.87. The van der Waals surface area contributed by atoms with E-state index in [0.29, 0.717) is 26.1 Å². The molecule has 0 aliphatic carbocycles. The molecule has 0 radical (unpaired) electrons. The van der Waals surface area contributed by atoms with Crippen LogP contribution in [-0.2, 0) is 16.0 Å². The van der Waals surface area contributed by atoms with Gasteiger partial charge in [0.25, 0.3) is 0 Å². The van der Waals surface area contributed by atoms with Crippen LogP contribution in [0.1, 0.15) is 16.5 Å². The Morgan fingerprint density at radius 2 is 2.09 bits per heavy atom. The zero-order chi connectivity index (χ0) is 14.7. The number of nitrogens with zero attached hydrogens (tertiary/aromatic N) is 1. The van der Waals surface area contributed by atoms with Gasteiger partial charge < -0.3 is 15.4 Å². The number of nitrogen functional groups attached to an aromatic ring is 1. The minimum Gasteiger partial charge on any atom is -0.399 e. The standard InChI is InChI=1S/C16H18N2O2S.ClH/c17-13-5-3-12(4-6-13)10-16(19)18-7-8-20-14(11-18)15-2-1-9-21-15;/h1-6,9,14H,7-8,10-11,17H2;1H. The molecule has 2 aromatic rings. The van der Waals surface area contributed by atoms with E-state index in [2.05, 4.69) is 6.07 Å². The lowest BCUT2D eigenvalue weighted by atomic mass is 10.1. The lowest BCUT2D eigenvalue weighted by Crippen LogP contribution is -2.42. The van der Waals surface area contributed by atoms with Gasteiger partial charge in [-0.25, -0.2) is 0 Å². The predicted octanol–water partition coefficient (Wildman–Crippen LogP) is 2.89. The van der Waals surface area contributed by atoms with Gasteiger partial charge in [0.15, 0.2) is 0 Å². The number of carbonyl (C=O) groups is 1. The summed E-state index contributed by atoms with van der Waals surface area (Å²) in [5, 5.41) is 2.04. The summed E-state index contributed by atoms with van der Waals surface area (Å²) in [6, 6.07) is 11.5. The maximum atomic E-state index is 12.4. The number of ether oxygens (including phenoxy) is 1. The molecule has 1 aliphatic heterocycles. The molecule has 1 aromatic heterocycles. The quantitative estimate of drug-likeness (QED) is 0.875. The first-order valence-electron chi connectivity index (χ1n) is 6.99. The van der Waals surface area contributed by atoms with Crippen LogP contribution >= 0.6 is 23.7 Å². The molecule has 1 atom stereocenters. The fraction of sp³-hybridized carbons (Fsp3) is 0.312. The van der Waals surface area contributed by atoms with Crippen molar-refractivity contribution in [2.45, 2.75) is 12.5 Å². The van der Waals surface area contributed by atoms with Gasteiger partial charge in [0.2, 0.25) is 5.91 Å². The number of carbonyl (C=O) groups excluding carboxylic acids is 1. The van der Waals surface area contributed by atoms with E-state index < -0.39 is 0 Å². The van der Waals surface area contributed by atoms with Gasteiger partial charge in [-0.05, 0) is 29.1 Å². The number of hydrogen-bond donors (Lipinski definition) is 1. The molecule has 1 saturated heterocycles. The summed E-state index contributed by atoms with van der Waals surface area (Å²) in [6.45, 7) is 1.89. The number of rotatable bonds is 3. The van der Waals surface area contributed by atoms with Crippen molar-refractivity contribution in [3.8, 4) is 0 Å². The lowest BCUT2D eigenvalue weighted by molar-refractivity contribution is -0.138. The summed E-state index contributed by atoms with van der Waals surface area (Å²) >= 11 is 1.67. The average molecular weight is 339 g/mol. The molecular weight excluding hydrogens is 320 g/mol. The number of nitrogens with two attached hydrogens (primary N) is 1. The number of benzene rings is 1. The molecule has 1 amide bonds. The molecule has 6 heteroatoms. The fourth-order valence-corrected chi connectivity index (χ4v) is 3.21. The molecule has 4 nitrogen and oxygen atoms in total. The van der Waals surface area contributed by atoms with Crippen molar-refractivity contribution in [3.05, 3.63) is 52.2 Å². The first kappa shape index (κ1) is 16.8. The van der Waals surface area contributed by atoms with Crippen molar-refractivity contribution >= 4 is 35.3 Å². The third-order valence-corrected chi connectivity index (χ3v) is 4.58. The van der Waals surface area contributed by atoms with Crippen LogP contribution in [0.4, 0.5) is 5.69 Å². The van der Waals surface area contributed by atoms with E-state index in [1.807, 2.05) is 40.6 Å². The van der Waals surface area contributed by atoms with Crippen LogP contribution in [0.25, 0.3) is 0 Å². The Labute approximate surface area is 140 Å². The molecule has 2 N–H and O–H groups in total. The number of anilines is 1. The minimum atomic E-state index is 0. The van der Waals surface area contributed by atoms with E-state index in [1.165, 1.54) is 4.88 Å². The van der Waals surface area contributed by atoms with Crippen LogP contribution in [0.3, 0.4) is 0 Å². The Bertz CT molecular complexity index is 601. The molecule has 118 valence electrons. The Kier molecular flexibility index (Phi) is 5.83. The van der Waals surface area contributed by atoms with Crippen LogP contribution in [0, 0.1) is 0 Å². The van der Waals surface area contributed by atoms with Gasteiger partial charge >= 0.3 is 0 Å². The van der Waals surface area contributed by atoms with E-state index in [0.717, 1.165) is 11.3 Å². The Morgan fingerprint density at radius 3 is 2.77 bits per heavy atom. The van der Waals surface area contributed by atoms with E-state index >= 15 is 0 Å². The minimum absolute atomic E-state index is 0. The van der Waals surface area contributed by atoms with E-state index in [1.54, 1.807) is 11.3 Å². The molecule has 1 unspecified atom stereocenters. The molecule has 2 heterocycles. The molecule has 22 heavy (non-hydrogen) atoms. The van der Waals surface area contributed by atoms with Crippen molar-refractivity contribution in [2.75, 3.05) is 25.4 Å². The molecule has 0 bridgehead atoms.